The van der Waals surface area contributed by atoms with Gasteiger partial charge in [-0.1, -0.05) is 11.6 Å². The number of aromatic nitrogens is 2. The molecule has 10 heteroatoms. The number of rotatable bonds is 7. The summed E-state index contributed by atoms with van der Waals surface area (Å²) in [6.07, 6.45) is 1.63. The number of nitro groups is 1. The van der Waals surface area contributed by atoms with E-state index in [-0.39, 0.29) is 5.69 Å². The van der Waals surface area contributed by atoms with Crippen LogP contribution in [-0.2, 0) is 4.79 Å². The molecule has 2 aromatic rings. The van der Waals surface area contributed by atoms with Gasteiger partial charge in [-0.2, -0.15) is 5.10 Å². The lowest BCUT2D eigenvalue weighted by atomic mass is 10.0. The summed E-state index contributed by atoms with van der Waals surface area (Å²) in [5.74, 6) is -0.472. The molecular weight excluding hydrogens is 352 g/mol. The van der Waals surface area contributed by atoms with Crippen molar-refractivity contribution in [3.8, 4) is 0 Å². The fourth-order valence-corrected chi connectivity index (χ4v) is 2.34. The molecule has 2 rings (SSSR count). The van der Waals surface area contributed by atoms with E-state index in [9.17, 15) is 25.1 Å². The molecular formula is C15H17ClN4O5. The number of aliphatic hydroxyl groups is 2. The van der Waals surface area contributed by atoms with E-state index in [1.54, 1.807) is 6.92 Å². The van der Waals surface area contributed by atoms with Gasteiger partial charge in [0.15, 0.2) is 0 Å². The number of hydrogen-bond acceptors (Lipinski definition) is 6. The zero-order valence-electron chi connectivity index (χ0n) is 13.2. The molecule has 0 saturated heterocycles. The van der Waals surface area contributed by atoms with Crippen molar-refractivity contribution in [1.82, 2.24) is 15.1 Å². The number of nitro benzene ring substituents is 1. The lowest BCUT2D eigenvalue weighted by Crippen LogP contribution is -2.44. The lowest BCUT2D eigenvalue weighted by Gasteiger charge is -2.24. The summed E-state index contributed by atoms with van der Waals surface area (Å²) in [7, 11) is 0. The van der Waals surface area contributed by atoms with Crippen molar-refractivity contribution in [3.63, 3.8) is 0 Å². The van der Waals surface area contributed by atoms with Crippen LogP contribution in [0, 0.1) is 10.1 Å². The Labute approximate surface area is 148 Å². The Kier molecular flexibility index (Phi) is 6.07. The van der Waals surface area contributed by atoms with Gasteiger partial charge >= 0.3 is 0 Å². The molecule has 134 valence electrons. The van der Waals surface area contributed by atoms with Crippen LogP contribution < -0.4 is 5.32 Å². The second-order valence-corrected chi connectivity index (χ2v) is 5.84. The van der Waals surface area contributed by atoms with Gasteiger partial charge in [0.25, 0.3) is 5.69 Å². The van der Waals surface area contributed by atoms with Crippen molar-refractivity contribution in [3.05, 3.63) is 57.4 Å². The van der Waals surface area contributed by atoms with Crippen molar-refractivity contribution >= 4 is 23.2 Å². The number of nitrogens with zero attached hydrogens (tertiary/aromatic N) is 3. The average Bonchev–Trinajstić information content (AvgIpc) is 3.04. The van der Waals surface area contributed by atoms with Gasteiger partial charge in [-0.05, 0) is 24.6 Å². The third kappa shape index (κ3) is 4.53. The SMILES string of the molecule is CC(C(=O)NC(CO)C(O)c1ccc([N+](=O)[O-])cc1)n1cc(Cl)cn1. The molecule has 0 spiro atoms. The number of nitrogens with one attached hydrogen (secondary N) is 1. The van der Waals surface area contributed by atoms with Gasteiger partial charge in [-0.15, -0.1) is 0 Å². The second-order valence-electron chi connectivity index (χ2n) is 5.41. The number of hydrogen-bond donors (Lipinski definition) is 3. The molecule has 3 unspecified atom stereocenters. The minimum atomic E-state index is -1.23. The fourth-order valence-electron chi connectivity index (χ4n) is 2.20. The summed E-state index contributed by atoms with van der Waals surface area (Å²) < 4.78 is 1.35. The Morgan fingerprint density at radius 1 is 1.44 bits per heavy atom. The zero-order valence-corrected chi connectivity index (χ0v) is 14.0. The molecule has 25 heavy (non-hydrogen) atoms. The zero-order chi connectivity index (χ0) is 18.6. The summed E-state index contributed by atoms with van der Waals surface area (Å²) in [6.45, 7) is 1.07. The standard InChI is InChI=1S/C15H17ClN4O5/c1-9(19-7-11(16)6-17-19)15(23)18-13(8-21)14(22)10-2-4-12(5-3-10)20(24)25/h2-7,9,13-14,21-22H,8H2,1H3,(H,18,23). The topological polar surface area (TPSA) is 131 Å². The number of halogens is 1. The highest BCUT2D eigenvalue weighted by Gasteiger charge is 2.25. The molecule has 3 atom stereocenters. The number of non-ortho nitro benzene ring substituents is 1. The van der Waals surface area contributed by atoms with E-state index in [2.05, 4.69) is 10.4 Å². The number of benzene rings is 1. The van der Waals surface area contributed by atoms with Gasteiger partial charge in [0.2, 0.25) is 5.91 Å². The maximum absolute atomic E-state index is 12.3. The number of aliphatic hydroxyl groups excluding tert-OH is 2. The van der Waals surface area contributed by atoms with Gasteiger partial charge in [0.05, 0.1) is 28.8 Å². The molecule has 0 radical (unpaired) electrons. The van der Waals surface area contributed by atoms with Crippen molar-refractivity contribution in [2.24, 2.45) is 0 Å². The first-order valence-corrected chi connectivity index (χ1v) is 7.74. The number of carbonyl (C=O) groups excluding carboxylic acids is 1. The first-order valence-electron chi connectivity index (χ1n) is 7.36. The monoisotopic (exact) mass is 368 g/mol. The Hall–Kier alpha value is -2.49. The second kappa shape index (κ2) is 8.06. The van der Waals surface area contributed by atoms with E-state index in [4.69, 9.17) is 11.6 Å². The third-order valence-corrected chi connectivity index (χ3v) is 3.89. The molecule has 0 aliphatic rings. The normalized spacial score (nSPS) is 14.6. The molecule has 9 nitrogen and oxygen atoms in total. The molecule has 0 fully saturated rings. The van der Waals surface area contributed by atoms with Crippen LogP contribution in [0.1, 0.15) is 24.6 Å². The van der Waals surface area contributed by atoms with Gasteiger partial charge < -0.3 is 15.5 Å². The summed E-state index contributed by atoms with van der Waals surface area (Å²) in [5, 5.41) is 37.3. The van der Waals surface area contributed by atoms with Crippen LogP contribution in [0.4, 0.5) is 5.69 Å². The van der Waals surface area contributed by atoms with Crippen LogP contribution in [0.15, 0.2) is 36.7 Å². The van der Waals surface area contributed by atoms with E-state index in [0.717, 1.165) is 0 Å². The van der Waals surface area contributed by atoms with Crippen LogP contribution in [-0.4, -0.2) is 43.5 Å². The van der Waals surface area contributed by atoms with Gasteiger partial charge in [0.1, 0.15) is 12.1 Å². The predicted octanol–water partition coefficient (Wildman–Crippen LogP) is 1.22. The summed E-state index contributed by atoms with van der Waals surface area (Å²) in [6, 6.07) is 3.53. The molecule has 1 amide bonds. The summed E-state index contributed by atoms with van der Waals surface area (Å²) >= 11 is 5.76. The Morgan fingerprint density at radius 3 is 2.56 bits per heavy atom. The predicted molar refractivity (Wildman–Crippen MR) is 89.0 cm³/mol. The van der Waals surface area contributed by atoms with Crippen LogP contribution >= 0.6 is 11.6 Å². The average molecular weight is 369 g/mol. The van der Waals surface area contributed by atoms with Crippen molar-refractivity contribution in [2.75, 3.05) is 6.61 Å². The highest BCUT2D eigenvalue weighted by Crippen LogP contribution is 2.21. The Balaban J connectivity index is 2.07. The first-order chi connectivity index (χ1) is 11.8. The summed E-state index contributed by atoms with van der Waals surface area (Å²) in [5.41, 5.74) is 0.212. The molecule has 1 aromatic carbocycles. The third-order valence-electron chi connectivity index (χ3n) is 3.70. The molecule has 3 N–H and O–H groups in total. The highest BCUT2D eigenvalue weighted by atomic mass is 35.5. The van der Waals surface area contributed by atoms with E-state index in [1.807, 2.05) is 0 Å². The smallest absolute Gasteiger partial charge is 0.269 e. The minimum Gasteiger partial charge on any atom is -0.394 e. The van der Waals surface area contributed by atoms with E-state index < -0.39 is 35.6 Å². The number of carbonyl (C=O) groups is 1. The van der Waals surface area contributed by atoms with Crippen molar-refractivity contribution in [1.29, 1.82) is 0 Å². The van der Waals surface area contributed by atoms with Crippen LogP contribution in [0.2, 0.25) is 5.02 Å². The first kappa shape index (κ1) is 18.8. The van der Waals surface area contributed by atoms with Gasteiger partial charge in [0, 0.05) is 18.3 Å². The minimum absolute atomic E-state index is 0.121. The van der Waals surface area contributed by atoms with Gasteiger partial charge in [-0.3, -0.25) is 19.6 Å². The maximum Gasteiger partial charge on any atom is 0.269 e. The molecule has 0 bridgehead atoms. The summed E-state index contributed by atoms with van der Waals surface area (Å²) in [4.78, 5) is 22.4. The number of amides is 1. The fraction of sp³-hybridized carbons (Fsp3) is 0.333. The molecule has 0 aliphatic carbocycles. The van der Waals surface area contributed by atoms with Crippen LogP contribution in [0.3, 0.4) is 0 Å². The molecule has 1 aromatic heterocycles. The van der Waals surface area contributed by atoms with E-state index in [1.165, 1.54) is 41.3 Å². The van der Waals surface area contributed by atoms with Crippen molar-refractivity contribution in [2.45, 2.75) is 25.1 Å². The van der Waals surface area contributed by atoms with E-state index in [0.29, 0.717) is 10.6 Å². The largest absolute Gasteiger partial charge is 0.394 e. The van der Waals surface area contributed by atoms with E-state index >= 15 is 0 Å². The quantitative estimate of drug-likeness (QED) is 0.497. The van der Waals surface area contributed by atoms with Crippen LogP contribution in [0.5, 0.6) is 0 Å². The molecule has 1 heterocycles. The Bertz CT molecular complexity index is 749. The highest BCUT2D eigenvalue weighted by molar-refractivity contribution is 6.30. The molecule has 0 saturated carbocycles. The maximum atomic E-state index is 12.3. The lowest BCUT2D eigenvalue weighted by molar-refractivity contribution is -0.384. The van der Waals surface area contributed by atoms with Gasteiger partial charge in [-0.25, -0.2) is 0 Å². The Morgan fingerprint density at radius 2 is 2.08 bits per heavy atom. The van der Waals surface area contributed by atoms with Crippen molar-refractivity contribution < 1.29 is 19.9 Å². The molecule has 0 aliphatic heterocycles. The van der Waals surface area contributed by atoms with Crippen LogP contribution in [0.25, 0.3) is 0 Å².